The van der Waals surface area contributed by atoms with Gasteiger partial charge < -0.3 is 20.2 Å². The molecule has 0 radical (unpaired) electrons. The molecule has 106 valence electrons. The number of unbranched alkanes of at least 4 members (excludes halogenated alkanes) is 2. The second-order valence-corrected chi connectivity index (χ2v) is 4.27. The Labute approximate surface area is 107 Å². The van der Waals surface area contributed by atoms with Crippen molar-refractivity contribution in [2.75, 3.05) is 26.2 Å². The zero-order valence-electron chi connectivity index (χ0n) is 10.7. The molecule has 0 rings (SSSR count). The first-order valence-corrected chi connectivity index (χ1v) is 6.33. The molecule has 3 N–H and O–H groups in total. The van der Waals surface area contributed by atoms with E-state index in [0.29, 0.717) is 25.9 Å². The van der Waals surface area contributed by atoms with Crippen molar-refractivity contribution in [1.29, 1.82) is 0 Å². The van der Waals surface area contributed by atoms with E-state index in [9.17, 15) is 9.59 Å². The molecule has 6 nitrogen and oxygen atoms in total. The zero-order valence-corrected chi connectivity index (χ0v) is 10.7. The minimum atomic E-state index is -0.824. The number of hydrogen-bond acceptors (Lipinski definition) is 4. The van der Waals surface area contributed by atoms with E-state index in [4.69, 9.17) is 15.3 Å². The van der Waals surface area contributed by atoms with Crippen LogP contribution in [0.1, 0.15) is 38.5 Å². The molecule has 0 spiro atoms. The summed E-state index contributed by atoms with van der Waals surface area (Å²) in [4.78, 5) is 22.8. The van der Waals surface area contributed by atoms with E-state index in [0.717, 1.165) is 19.4 Å². The molecule has 0 aliphatic carbocycles. The number of aliphatic hydroxyl groups is 1. The van der Waals surface area contributed by atoms with Crippen LogP contribution < -0.4 is 0 Å². The lowest BCUT2D eigenvalue weighted by Gasteiger charge is -2.20. The number of carbonyl (C=O) groups is 2. The second kappa shape index (κ2) is 11.0. The van der Waals surface area contributed by atoms with Gasteiger partial charge in [-0.1, -0.05) is 6.42 Å². The van der Waals surface area contributed by atoms with Crippen molar-refractivity contribution in [2.24, 2.45) is 0 Å². The van der Waals surface area contributed by atoms with E-state index >= 15 is 0 Å². The molecular formula is C12H23NO5. The number of rotatable bonds is 12. The summed E-state index contributed by atoms with van der Waals surface area (Å²) in [5, 5.41) is 25.9. The number of nitrogens with zero attached hydrogens (tertiary/aromatic N) is 1. The number of aliphatic carboxylic acids is 2. The molecule has 0 fully saturated rings. The SMILES string of the molecule is O=C(O)CCCCCN(CCCO)CCC(=O)O. The van der Waals surface area contributed by atoms with Crippen LogP contribution in [-0.2, 0) is 9.59 Å². The number of carboxylic acids is 2. The van der Waals surface area contributed by atoms with Gasteiger partial charge in [0, 0.05) is 26.1 Å². The minimum absolute atomic E-state index is 0.0978. The van der Waals surface area contributed by atoms with E-state index in [1.165, 1.54) is 0 Å². The maximum Gasteiger partial charge on any atom is 0.304 e. The van der Waals surface area contributed by atoms with Crippen molar-refractivity contribution in [3.63, 3.8) is 0 Å². The highest BCUT2D eigenvalue weighted by Gasteiger charge is 2.07. The molecule has 18 heavy (non-hydrogen) atoms. The fraction of sp³-hybridized carbons (Fsp3) is 0.833. The van der Waals surface area contributed by atoms with Gasteiger partial charge in [0.2, 0.25) is 0 Å². The topological polar surface area (TPSA) is 98.1 Å². The van der Waals surface area contributed by atoms with Gasteiger partial charge in [-0.05, 0) is 25.8 Å². The Kier molecular flexibility index (Phi) is 10.3. The van der Waals surface area contributed by atoms with Crippen LogP contribution in [0.2, 0.25) is 0 Å². The predicted octanol–water partition coefficient (Wildman–Crippen LogP) is 0.790. The first kappa shape index (κ1) is 16.9. The molecule has 0 unspecified atom stereocenters. The molecule has 0 saturated heterocycles. The van der Waals surface area contributed by atoms with Gasteiger partial charge in [0.05, 0.1) is 6.42 Å². The van der Waals surface area contributed by atoms with Crippen LogP contribution in [0.5, 0.6) is 0 Å². The molecule has 0 aromatic heterocycles. The molecule has 0 saturated carbocycles. The zero-order chi connectivity index (χ0) is 13.8. The number of hydrogen-bond donors (Lipinski definition) is 3. The summed E-state index contributed by atoms with van der Waals surface area (Å²) in [6, 6.07) is 0. The Morgan fingerprint density at radius 1 is 0.778 bits per heavy atom. The highest BCUT2D eigenvalue weighted by molar-refractivity contribution is 5.67. The van der Waals surface area contributed by atoms with Crippen molar-refractivity contribution in [3.05, 3.63) is 0 Å². The normalized spacial score (nSPS) is 10.8. The highest BCUT2D eigenvalue weighted by atomic mass is 16.4. The lowest BCUT2D eigenvalue weighted by Crippen LogP contribution is -2.29. The summed E-state index contributed by atoms with van der Waals surface area (Å²) in [5.41, 5.74) is 0. The van der Waals surface area contributed by atoms with Gasteiger partial charge in [-0.3, -0.25) is 9.59 Å². The van der Waals surface area contributed by atoms with Gasteiger partial charge in [-0.2, -0.15) is 0 Å². The maximum atomic E-state index is 10.5. The van der Waals surface area contributed by atoms with Crippen LogP contribution in [0.4, 0.5) is 0 Å². The Balaban J connectivity index is 3.70. The molecule has 0 aromatic rings. The van der Waals surface area contributed by atoms with Crippen LogP contribution in [-0.4, -0.2) is 58.4 Å². The highest BCUT2D eigenvalue weighted by Crippen LogP contribution is 2.03. The van der Waals surface area contributed by atoms with Gasteiger partial charge in [0.25, 0.3) is 0 Å². The number of carboxylic acid groups (broad SMARTS) is 2. The fourth-order valence-electron chi connectivity index (χ4n) is 1.67. The first-order chi connectivity index (χ1) is 8.56. The van der Waals surface area contributed by atoms with Crippen molar-refractivity contribution in [1.82, 2.24) is 4.90 Å². The molecule has 6 heteroatoms. The van der Waals surface area contributed by atoms with E-state index in [1.54, 1.807) is 0 Å². The molecule has 0 aliphatic heterocycles. The smallest absolute Gasteiger partial charge is 0.304 e. The van der Waals surface area contributed by atoms with E-state index in [1.807, 2.05) is 4.90 Å². The predicted molar refractivity (Wildman–Crippen MR) is 66.5 cm³/mol. The van der Waals surface area contributed by atoms with Crippen LogP contribution in [0.3, 0.4) is 0 Å². The lowest BCUT2D eigenvalue weighted by atomic mass is 10.2. The summed E-state index contributed by atoms with van der Waals surface area (Å²) in [6.45, 7) is 2.02. The molecule has 0 amide bonds. The van der Waals surface area contributed by atoms with Gasteiger partial charge in [-0.15, -0.1) is 0 Å². The molecule has 0 bridgehead atoms. The number of aliphatic hydroxyl groups excluding tert-OH is 1. The molecule has 0 aromatic carbocycles. The average Bonchev–Trinajstić information content (AvgIpc) is 2.30. The van der Waals surface area contributed by atoms with Gasteiger partial charge >= 0.3 is 11.9 Å². The first-order valence-electron chi connectivity index (χ1n) is 6.33. The Morgan fingerprint density at radius 2 is 1.39 bits per heavy atom. The lowest BCUT2D eigenvalue weighted by molar-refractivity contribution is -0.138. The molecular weight excluding hydrogens is 238 g/mol. The monoisotopic (exact) mass is 261 g/mol. The second-order valence-electron chi connectivity index (χ2n) is 4.27. The largest absolute Gasteiger partial charge is 0.481 e. The standard InChI is InChI=1S/C12H23NO5/c14-10-4-8-13(9-6-12(17)18)7-3-1-2-5-11(15)16/h14H,1-10H2,(H,15,16)(H,17,18). The summed E-state index contributed by atoms with van der Waals surface area (Å²) in [5.74, 6) is -1.60. The Hall–Kier alpha value is -1.14. The summed E-state index contributed by atoms with van der Waals surface area (Å²) in [7, 11) is 0. The van der Waals surface area contributed by atoms with Crippen molar-refractivity contribution < 1.29 is 24.9 Å². The van der Waals surface area contributed by atoms with Crippen molar-refractivity contribution >= 4 is 11.9 Å². The Bertz CT molecular complexity index is 245. The van der Waals surface area contributed by atoms with Crippen LogP contribution in [0, 0.1) is 0 Å². The summed E-state index contributed by atoms with van der Waals surface area (Å²) >= 11 is 0. The van der Waals surface area contributed by atoms with Gasteiger partial charge in [-0.25, -0.2) is 0 Å². The van der Waals surface area contributed by atoms with Crippen LogP contribution in [0.25, 0.3) is 0 Å². The van der Waals surface area contributed by atoms with Gasteiger partial charge in [0.1, 0.15) is 0 Å². The molecule has 0 atom stereocenters. The van der Waals surface area contributed by atoms with E-state index in [-0.39, 0.29) is 19.4 Å². The molecule has 0 heterocycles. The van der Waals surface area contributed by atoms with Crippen molar-refractivity contribution in [3.8, 4) is 0 Å². The Morgan fingerprint density at radius 3 is 1.94 bits per heavy atom. The van der Waals surface area contributed by atoms with Crippen molar-refractivity contribution in [2.45, 2.75) is 38.5 Å². The van der Waals surface area contributed by atoms with Crippen LogP contribution >= 0.6 is 0 Å². The third-order valence-corrected chi connectivity index (χ3v) is 2.64. The summed E-state index contributed by atoms with van der Waals surface area (Å²) < 4.78 is 0. The maximum absolute atomic E-state index is 10.5. The van der Waals surface area contributed by atoms with E-state index < -0.39 is 11.9 Å². The third-order valence-electron chi connectivity index (χ3n) is 2.64. The summed E-state index contributed by atoms with van der Waals surface area (Å²) in [6.07, 6.45) is 3.26. The van der Waals surface area contributed by atoms with Crippen LogP contribution in [0.15, 0.2) is 0 Å². The fourth-order valence-corrected chi connectivity index (χ4v) is 1.67. The third kappa shape index (κ3) is 11.3. The average molecular weight is 261 g/mol. The minimum Gasteiger partial charge on any atom is -0.481 e. The molecule has 0 aliphatic rings. The van der Waals surface area contributed by atoms with Gasteiger partial charge in [0.15, 0.2) is 0 Å². The quantitative estimate of drug-likeness (QED) is 0.449. The van der Waals surface area contributed by atoms with E-state index in [2.05, 4.69) is 0 Å².